The lowest BCUT2D eigenvalue weighted by Crippen LogP contribution is -2.35. The van der Waals surface area contributed by atoms with Gasteiger partial charge in [0.2, 0.25) is 0 Å². The third kappa shape index (κ3) is 2.91. The second kappa shape index (κ2) is 6.27. The number of hydrogen-bond acceptors (Lipinski definition) is 3. The van der Waals surface area contributed by atoms with E-state index in [9.17, 15) is 9.90 Å². The molecule has 2 aliphatic carbocycles. The summed E-state index contributed by atoms with van der Waals surface area (Å²) in [6.07, 6.45) is 8.19. The maximum Gasteiger partial charge on any atom is 0.261 e. The van der Waals surface area contributed by atoms with Crippen molar-refractivity contribution >= 4 is 17.2 Å². The van der Waals surface area contributed by atoms with E-state index in [4.69, 9.17) is 0 Å². The van der Waals surface area contributed by atoms with Crippen LogP contribution in [0.3, 0.4) is 0 Å². The summed E-state index contributed by atoms with van der Waals surface area (Å²) in [7, 11) is 0. The smallest absolute Gasteiger partial charge is 0.261 e. The van der Waals surface area contributed by atoms with Crippen LogP contribution in [-0.2, 0) is 12.8 Å². The zero-order chi connectivity index (χ0) is 13.9. The fourth-order valence-corrected chi connectivity index (χ4v) is 4.72. The molecule has 0 saturated heterocycles. The van der Waals surface area contributed by atoms with Gasteiger partial charge in [-0.25, -0.2) is 0 Å². The van der Waals surface area contributed by atoms with Crippen LogP contribution >= 0.6 is 11.3 Å². The maximum atomic E-state index is 12.2. The van der Waals surface area contributed by atoms with Gasteiger partial charge in [-0.1, -0.05) is 12.8 Å². The van der Waals surface area contributed by atoms with Gasteiger partial charge in [-0.3, -0.25) is 4.79 Å². The first-order chi connectivity index (χ1) is 9.78. The molecule has 3 nitrogen and oxygen atoms in total. The van der Waals surface area contributed by atoms with E-state index in [-0.39, 0.29) is 12.5 Å². The lowest BCUT2D eigenvalue weighted by atomic mass is 9.79. The Morgan fingerprint density at radius 2 is 2.05 bits per heavy atom. The summed E-state index contributed by atoms with van der Waals surface area (Å²) in [5.74, 6) is 0.897. The topological polar surface area (TPSA) is 49.3 Å². The third-order valence-electron chi connectivity index (χ3n) is 4.80. The monoisotopic (exact) mass is 293 g/mol. The van der Waals surface area contributed by atoms with Crippen LogP contribution in [0.4, 0.5) is 0 Å². The van der Waals surface area contributed by atoms with Gasteiger partial charge in [-0.15, -0.1) is 11.3 Å². The van der Waals surface area contributed by atoms with Crippen molar-refractivity contribution < 1.29 is 9.90 Å². The standard InChI is InChI=1S/C16H23NO2S/c18-10-13-5-2-1-4-12(13)9-17-16(19)15-8-11-6-3-7-14(11)20-15/h8,12-13,18H,1-7,9-10H2,(H,17,19). The van der Waals surface area contributed by atoms with Crippen molar-refractivity contribution in [2.45, 2.75) is 44.9 Å². The van der Waals surface area contributed by atoms with Crippen LogP contribution in [0.2, 0.25) is 0 Å². The highest BCUT2D eigenvalue weighted by molar-refractivity contribution is 7.14. The minimum absolute atomic E-state index is 0.0756. The van der Waals surface area contributed by atoms with E-state index >= 15 is 0 Å². The van der Waals surface area contributed by atoms with Crippen LogP contribution in [0.15, 0.2) is 6.07 Å². The first kappa shape index (κ1) is 14.1. The molecule has 3 rings (SSSR count). The molecule has 1 heterocycles. The Balaban J connectivity index is 1.55. The fourth-order valence-electron chi connectivity index (χ4n) is 3.55. The number of amides is 1. The largest absolute Gasteiger partial charge is 0.396 e. The molecular weight excluding hydrogens is 270 g/mol. The molecular formula is C16H23NO2S. The number of fused-ring (bicyclic) bond motifs is 1. The van der Waals surface area contributed by atoms with Crippen LogP contribution in [-0.4, -0.2) is 24.2 Å². The Morgan fingerprint density at radius 3 is 2.80 bits per heavy atom. The summed E-state index contributed by atoms with van der Waals surface area (Å²) in [5, 5.41) is 12.5. The first-order valence-corrected chi connectivity index (χ1v) is 8.60. The predicted octanol–water partition coefficient (Wildman–Crippen LogP) is 2.77. The maximum absolute atomic E-state index is 12.2. The van der Waals surface area contributed by atoms with Crippen LogP contribution in [0.5, 0.6) is 0 Å². The van der Waals surface area contributed by atoms with Gasteiger partial charge in [0.15, 0.2) is 0 Å². The number of aliphatic hydroxyl groups is 1. The van der Waals surface area contributed by atoms with E-state index in [1.54, 1.807) is 11.3 Å². The third-order valence-corrected chi connectivity index (χ3v) is 6.03. The molecule has 2 aliphatic rings. The number of aliphatic hydroxyl groups excluding tert-OH is 1. The zero-order valence-corrected chi connectivity index (χ0v) is 12.7. The molecule has 0 bridgehead atoms. The Morgan fingerprint density at radius 1 is 1.25 bits per heavy atom. The summed E-state index contributed by atoms with van der Waals surface area (Å²) >= 11 is 1.66. The van der Waals surface area contributed by atoms with Gasteiger partial charge < -0.3 is 10.4 Å². The van der Waals surface area contributed by atoms with E-state index in [1.807, 2.05) is 0 Å². The van der Waals surface area contributed by atoms with E-state index in [1.165, 1.54) is 29.7 Å². The summed E-state index contributed by atoms with van der Waals surface area (Å²) in [6, 6.07) is 2.08. The van der Waals surface area contributed by atoms with Gasteiger partial charge in [0, 0.05) is 18.0 Å². The molecule has 2 atom stereocenters. The van der Waals surface area contributed by atoms with E-state index in [2.05, 4.69) is 11.4 Å². The average Bonchev–Trinajstić information content (AvgIpc) is 3.06. The molecule has 20 heavy (non-hydrogen) atoms. The van der Waals surface area contributed by atoms with Crippen LogP contribution in [0.25, 0.3) is 0 Å². The van der Waals surface area contributed by atoms with Gasteiger partial charge in [0.25, 0.3) is 5.91 Å². The second-order valence-corrected chi connectivity index (χ2v) is 7.25. The van der Waals surface area contributed by atoms with Crippen LogP contribution < -0.4 is 5.32 Å². The van der Waals surface area contributed by atoms with Gasteiger partial charge in [-0.05, 0) is 55.6 Å². The lowest BCUT2D eigenvalue weighted by molar-refractivity contribution is 0.0913. The minimum atomic E-state index is 0.0756. The molecule has 1 saturated carbocycles. The lowest BCUT2D eigenvalue weighted by Gasteiger charge is -2.30. The van der Waals surface area contributed by atoms with E-state index in [0.717, 1.165) is 30.6 Å². The number of nitrogens with one attached hydrogen (secondary N) is 1. The summed E-state index contributed by atoms with van der Waals surface area (Å²) < 4.78 is 0. The highest BCUT2D eigenvalue weighted by Crippen LogP contribution is 2.31. The molecule has 0 radical (unpaired) electrons. The number of carbonyl (C=O) groups is 1. The molecule has 1 amide bonds. The summed E-state index contributed by atoms with van der Waals surface area (Å²) in [4.78, 5) is 14.5. The molecule has 1 fully saturated rings. The molecule has 110 valence electrons. The van der Waals surface area contributed by atoms with Gasteiger partial charge in [0.05, 0.1) is 4.88 Å². The number of hydrogen-bond donors (Lipinski definition) is 2. The SMILES string of the molecule is O=C(NCC1CCCCC1CO)c1cc2c(s1)CCC2. The molecule has 4 heteroatoms. The van der Waals surface area contributed by atoms with Crippen LogP contribution in [0, 0.1) is 11.8 Å². The molecule has 2 N–H and O–H groups in total. The van der Waals surface area contributed by atoms with Crippen molar-refractivity contribution in [3.63, 3.8) is 0 Å². The van der Waals surface area contributed by atoms with Crippen molar-refractivity contribution in [2.24, 2.45) is 11.8 Å². The normalized spacial score (nSPS) is 25.4. The Hall–Kier alpha value is -0.870. The summed E-state index contributed by atoms with van der Waals surface area (Å²) in [6.45, 7) is 0.973. The predicted molar refractivity (Wildman–Crippen MR) is 81.2 cm³/mol. The second-order valence-electron chi connectivity index (χ2n) is 6.11. The Bertz CT molecular complexity index is 461. The number of carbonyl (C=O) groups excluding carboxylic acids is 1. The van der Waals surface area contributed by atoms with Gasteiger partial charge >= 0.3 is 0 Å². The number of rotatable bonds is 4. The van der Waals surface area contributed by atoms with E-state index < -0.39 is 0 Å². The fraction of sp³-hybridized carbons (Fsp3) is 0.688. The van der Waals surface area contributed by atoms with Crippen LogP contribution in [0.1, 0.15) is 52.2 Å². The highest BCUT2D eigenvalue weighted by Gasteiger charge is 2.25. The molecule has 1 aromatic rings. The number of thiophene rings is 1. The average molecular weight is 293 g/mol. The van der Waals surface area contributed by atoms with Crippen molar-refractivity contribution in [2.75, 3.05) is 13.2 Å². The van der Waals surface area contributed by atoms with E-state index in [0.29, 0.717) is 18.4 Å². The van der Waals surface area contributed by atoms with Gasteiger partial charge in [0.1, 0.15) is 0 Å². The quantitative estimate of drug-likeness (QED) is 0.897. The minimum Gasteiger partial charge on any atom is -0.396 e. The molecule has 2 unspecified atom stereocenters. The molecule has 0 spiro atoms. The number of aryl methyl sites for hydroxylation is 2. The van der Waals surface area contributed by atoms with Crippen molar-refractivity contribution in [1.82, 2.24) is 5.32 Å². The van der Waals surface area contributed by atoms with Gasteiger partial charge in [-0.2, -0.15) is 0 Å². The molecule has 0 aliphatic heterocycles. The molecule has 1 aromatic heterocycles. The Labute approximate surface area is 124 Å². The zero-order valence-electron chi connectivity index (χ0n) is 11.9. The van der Waals surface area contributed by atoms with Crippen molar-refractivity contribution in [3.05, 3.63) is 21.4 Å². The highest BCUT2D eigenvalue weighted by atomic mass is 32.1. The Kier molecular flexibility index (Phi) is 4.41. The van der Waals surface area contributed by atoms with Crippen molar-refractivity contribution in [1.29, 1.82) is 0 Å². The molecule has 0 aromatic carbocycles. The first-order valence-electron chi connectivity index (χ1n) is 7.78. The van der Waals surface area contributed by atoms with Crippen molar-refractivity contribution in [3.8, 4) is 0 Å². The summed E-state index contributed by atoms with van der Waals surface area (Å²) in [5.41, 5.74) is 1.38.